The molecule has 0 radical (unpaired) electrons. The van der Waals surface area contributed by atoms with Gasteiger partial charge >= 0.3 is 29.8 Å². The molecule has 0 aromatic rings. The summed E-state index contributed by atoms with van der Waals surface area (Å²) >= 11 is 0. The van der Waals surface area contributed by atoms with Crippen molar-refractivity contribution in [2.75, 3.05) is 131 Å². The molecule has 5 atom stereocenters. The molecule has 1 aliphatic heterocycles. The van der Waals surface area contributed by atoms with E-state index in [1.54, 1.807) is 0 Å². The fraction of sp³-hybridized carbons (Fsp3) is 0.962. The first kappa shape index (κ1) is 140. The number of nitrogens with zero attached hydrogens (tertiary/aromatic N) is 5. The Kier molecular flexibility index (Phi) is 109. The first-order chi connectivity index (χ1) is 71.4. The molecule has 1 heterocycles. The third kappa shape index (κ3) is 92.2. The van der Waals surface area contributed by atoms with E-state index in [1.807, 2.05) is 0 Å². The Balaban J connectivity index is 3.67. The van der Waals surface area contributed by atoms with Gasteiger partial charge in [-0.1, -0.05) is 519 Å². The van der Waals surface area contributed by atoms with Crippen LogP contribution in [0.3, 0.4) is 0 Å². The second-order valence-electron chi connectivity index (χ2n) is 46.2. The summed E-state index contributed by atoms with van der Waals surface area (Å²) in [5.74, 6) is 0.243. The van der Waals surface area contributed by atoms with E-state index in [4.69, 9.17) is 23.7 Å². The van der Waals surface area contributed by atoms with Gasteiger partial charge in [0, 0.05) is 65.4 Å². The van der Waals surface area contributed by atoms with Crippen LogP contribution in [0.25, 0.3) is 0 Å². The van der Waals surface area contributed by atoms with Crippen LogP contribution in [-0.2, 0) is 47.7 Å². The van der Waals surface area contributed by atoms with Crippen molar-refractivity contribution in [2.24, 2.45) is 29.6 Å². The number of unbranched alkanes of at least 4 members (excludes halogenated alkanes) is 65. The predicted octanol–water partition coefficient (Wildman–Crippen LogP) is 37.6. The number of carbonyl (C=O) groups is 5. The Labute approximate surface area is 904 Å². The van der Waals surface area contributed by atoms with E-state index in [2.05, 4.69) is 93.7 Å². The van der Waals surface area contributed by atoms with Crippen LogP contribution in [0.5, 0.6) is 0 Å². The molecule has 1 aliphatic rings. The Hall–Kier alpha value is -2.85. The van der Waals surface area contributed by atoms with Crippen molar-refractivity contribution >= 4 is 29.8 Å². The molecule has 1 fully saturated rings. The number of ether oxygens (including phenoxy) is 5. The Bertz CT molecular complexity index is 2540. The van der Waals surface area contributed by atoms with Crippen molar-refractivity contribution in [3.05, 3.63) is 0 Å². The van der Waals surface area contributed by atoms with Crippen molar-refractivity contribution in [1.29, 1.82) is 0 Å². The van der Waals surface area contributed by atoms with Crippen LogP contribution >= 0.6 is 0 Å². The van der Waals surface area contributed by atoms with Crippen LogP contribution < -0.4 is 0 Å². The molecule has 0 saturated carbocycles. The fourth-order valence-corrected chi connectivity index (χ4v) is 22.1. The highest BCUT2D eigenvalue weighted by atomic mass is 16.5. The molecule has 0 spiro atoms. The van der Waals surface area contributed by atoms with Gasteiger partial charge in [0.1, 0.15) is 0 Å². The SMILES string of the molecule is CCCCCCCCCCC(CCCCCCCC)C(=O)OCCCCN(CCCCOC(=O)C(CCCCCCCC)CCCCCCCCCC)CCN(CCCCOC(=O)C(CCCCCCCC)CCCCCCCCCC)CCN1CCN(CCN(CCCCOC(=O)C(CCCCCCCC)CCCCCCCCCC)CCCCOC(=O)C(CCCCCCCC)CCCCCCCCCC)CC1. The van der Waals surface area contributed by atoms with Gasteiger partial charge in [0.2, 0.25) is 0 Å². The van der Waals surface area contributed by atoms with Crippen molar-refractivity contribution in [3.8, 4) is 0 Å². The summed E-state index contributed by atoms with van der Waals surface area (Å²) in [7, 11) is 0. The van der Waals surface area contributed by atoms with Crippen LogP contribution in [0.15, 0.2) is 0 Å². The smallest absolute Gasteiger partial charge is 0.308 e. The second-order valence-corrected chi connectivity index (χ2v) is 46.2. The van der Waals surface area contributed by atoms with Gasteiger partial charge in [-0.2, -0.15) is 0 Å². The summed E-state index contributed by atoms with van der Waals surface area (Å²) in [4.78, 5) is 83.9. The van der Waals surface area contributed by atoms with E-state index in [9.17, 15) is 24.0 Å². The fourth-order valence-electron chi connectivity index (χ4n) is 22.1. The van der Waals surface area contributed by atoms with Gasteiger partial charge in [0.15, 0.2) is 0 Å². The highest BCUT2D eigenvalue weighted by Crippen LogP contribution is 2.30. The van der Waals surface area contributed by atoms with Crippen molar-refractivity contribution in [2.45, 2.75) is 647 Å². The van der Waals surface area contributed by atoms with Gasteiger partial charge in [0.25, 0.3) is 0 Å². The predicted molar refractivity (Wildman–Crippen MR) is 627 cm³/mol. The first-order valence-corrected chi connectivity index (χ1v) is 65.8. The van der Waals surface area contributed by atoms with Crippen LogP contribution in [0.4, 0.5) is 0 Å². The van der Waals surface area contributed by atoms with E-state index in [0.717, 1.165) is 291 Å². The van der Waals surface area contributed by atoms with Gasteiger partial charge < -0.3 is 38.4 Å². The molecule has 145 heavy (non-hydrogen) atoms. The number of esters is 5. The molecule has 5 unspecified atom stereocenters. The van der Waals surface area contributed by atoms with Crippen LogP contribution in [0.1, 0.15) is 647 Å². The third-order valence-electron chi connectivity index (χ3n) is 32.5. The Morgan fingerprint density at radius 1 is 0.159 bits per heavy atom. The highest BCUT2D eigenvalue weighted by Gasteiger charge is 2.27. The van der Waals surface area contributed by atoms with Crippen molar-refractivity contribution < 1.29 is 47.7 Å². The Morgan fingerprint density at radius 3 is 0.428 bits per heavy atom. The number of hydrogen-bond acceptors (Lipinski definition) is 15. The lowest BCUT2D eigenvalue weighted by molar-refractivity contribution is -0.150. The molecule has 0 amide bonds. The molecular formula is C130H255N5O10. The van der Waals surface area contributed by atoms with Crippen LogP contribution in [0, 0.1) is 29.6 Å². The largest absolute Gasteiger partial charge is 0.465 e. The average molecular weight is 2050 g/mol. The van der Waals surface area contributed by atoms with E-state index < -0.39 is 0 Å². The van der Waals surface area contributed by atoms with Crippen molar-refractivity contribution in [3.63, 3.8) is 0 Å². The first-order valence-electron chi connectivity index (χ1n) is 65.8. The number of hydrogen-bond donors (Lipinski definition) is 0. The minimum Gasteiger partial charge on any atom is -0.465 e. The molecule has 0 aromatic carbocycles. The van der Waals surface area contributed by atoms with E-state index in [1.165, 1.54) is 385 Å². The van der Waals surface area contributed by atoms with E-state index in [0.29, 0.717) is 33.0 Å². The summed E-state index contributed by atoms with van der Waals surface area (Å²) in [6.07, 6.45) is 107. The molecular weight excluding hydrogens is 1790 g/mol. The van der Waals surface area contributed by atoms with Gasteiger partial charge in [-0.3, -0.25) is 33.8 Å². The zero-order valence-electron chi connectivity index (χ0n) is 99.5. The lowest BCUT2D eigenvalue weighted by Gasteiger charge is -2.37. The summed E-state index contributed by atoms with van der Waals surface area (Å²) in [5, 5.41) is 0. The highest BCUT2D eigenvalue weighted by molar-refractivity contribution is 5.74. The average Bonchev–Trinajstić information content (AvgIpc) is 0.892. The quantitative estimate of drug-likeness (QED) is 0.0323. The maximum Gasteiger partial charge on any atom is 0.308 e. The van der Waals surface area contributed by atoms with Crippen LogP contribution in [0.2, 0.25) is 0 Å². The Morgan fingerprint density at radius 2 is 0.283 bits per heavy atom. The van der Waals surface area contributed by atoms with E-state index in [-0.39, 0.29) is 59.4 Å². The molecule has 0 aliphatic carbocycles. The minimum atomic E-state index is 0.00101. The maximum atomic E-state index is 14.2. The third-order valence-corrected chi connectivity index (χ3v) is 32.5. The molecule has 0 N–H and O–H groups in total. The lowest BCUT2D eigenvalue weighted by atomic mass is 9.94. The lowest BCUT2D eigenvalue weighted by Crippen LogP contribution is -2.50. The van der Waals surface area contributed by atoms with Gasteiger partial charge in [-0.15, -0.1) is 0 Å². The molecule has 15 nitrogen and oxygen atoms in total. The molecule has 0 aromatic heterocycles. The maximum absolute atomic E-state index is 14.2. The summed E-state index contributed by atoms with van der Waals surface area (Å²) in [5.41, 5.74) is 0. The topological polar surface area (TPSA) is 148 Å². The monoisotopic (exact) mass is 2050 g/mol. The standard InChI is InChI=1S/C130H255N5O10/c1-11-21-31-41-51-56-66-76-96-121(91-71-61-46-36-26-16-6)126(136)141-116-86-81-101-131(102-82-87-117-142-127(137)122(92-72-62-47-37-27-17-7)97-77-67-57-52-42-32-22-12-2)106-108-133(105-85-90-120-145-130(140)125(95-75-65-50-40-30-20-10)100-80-70-60-55-45-35-25-15-5)109-111-135-114-112-134(113-115-135)110-107-132(103-83-88-118-143-128(138)123(93-73-63-48-38-28-18-8)98-78-68-58-53-43-33-23-13-3)104-84-89-119-144-129(139)124(94-74-64-49-39-29-19-9)99-79-69-59-54-44-34-24-14-4/h121-125H,11-120H2,1-10H3. The second kappa shape index (κ2) is 112. The van der Waals surface area contributed by atoms with Gasteiger partial charge in [-0.25, -0.2) is 0 Å². The number of rotatable bonds is 119. The molecule has 1 rings (SSSR count). The zero-order valence-corrected chi connectivity index (χ0v) is 99.5. The normalized spacial score (nSPS) is 13.8. The minimum absolute atomic E-state index is 0.00101. The zero-order chi connectivity index (χ0) is 105. The van der Waals surface area contributed by atoms with Crippen molar-refractivity contribution in [1.82, 2.24) is 24.5 Å². The molecule has 1 saturated heterocycles. The summed E-state index contributed by atoms with van der Waals surface area (Å²) in [6.45, 7) is 40.1. The number of piperazine rings is 1. The molecule has 15 heteroatoms. The molecule has 860 valence electrons. The van der Waals surface area contributed by atoms with Gasteiger partial charge in [0.05, 0.1) is 62.6 Å². The van der Waals surface area contributed by atoms with Gasteiger partial charge in [-0.05, 0) is 161 Å². The summed E-state index contributed by atoms with van der Waals surface area (Å²) < 4.78 is 31.4. The number of carbonyl (C=O) groups excluding carboxylic acids is 5. The van der Waals surface area contributed by atoms with E-state index >= 15 is 0 Å². The molecule has 0 bridgehead atoms. The summed E-state index contributed by atoms with van der Waals surface area (Å²) in [6, 6.07) is 0. The van der Waals surface area contributed by atoms with Crippen LogP contribution in [-0.4, -0.2) is 186 Å².